The molecule has 23 heavy (non-hydrogen) atoms. The molecule has 0 unspecified atom stereocenters. The van der Waals surface area contributed by atoms with Gasteiger partial charge in [0.25, 0.3) is 0 Å². The van der Waals surface area contributed by atoms with Gasteiger partial charge in [-0.2, -0.15) is 5.10 Å². The fourth-order valence-electron chi connectivity index (χ4n) is 2.28. The largest absolute Gasteiger partial charge is 0.496 e. The summed E-state index contributed by atoms with van der Waals surface area (Å²) in [7, 11) is 3.47. The highest BCUT2D eigenvalue weighted by Crippen LogP contribution is 2.19. The van der Waals surface area contributed by atoms with Gasteiger partial charge >= 0.3 is 0 Å². The van der Waals surface area contributed by atoms with E-state index in [-0.39, 0.29) is 0 Å². The fourth-order valence-corrected chi connectivity index (χ4v) is 2.28. The zero-order valence-corrected chi connectivity index (χ0v) is 14.0. The Kier molecular flexibility index (Phi) is 6.47. The fraction of sp³-hybridized carbons (Fsp3) is 0.412. The molecule has 0 saturated carbocycles. The van der Waals surface area contributed by atoms with E-state index in [0.717, 1.165) is 36.8 Å². The van der Waals surface area contributed by atoms with Crippen molar-refractivity contribution in [1.82, 2.24) is 20.4 Å². The van der Waals surface area contributed by atoms with Gasteiger partial charge in [-0.3, -0.25) is 9.67 Å². The average Bonchev–Trinajstić information content (AvgIpc) is 3.08. The van der Waals surface area contributed by atoms with Crippen LogP contribution in [0.1, 0.15) is 17.5 Å². The quantitative estimate of drug-likeness (QED) is 0.466. The first-order chi connectivity index (χ1) is 11.2. The molecule has 6 heteroatoms. The van der Waals surface area contributed by atoms with Gasteiger partial charge in [-0.15, -0.1) is 0 Å². The van der Waals surface area contributed by atoms with Crippen molar-refractivity contribution in [1.29, 1.82) is 0 Å². The molecule has 0 fully saturated rings. The Morgan fingerprint density at radius 1 is 1.35 bits per heavy atom. The summed E-state index contributed by atoms with van der Waals surface area (Å²) in [6, 6.07) is 8.13. The minimum atomic E-state index is 0.669. The molecule has 6 nitrogen and oxygen atoms in total. The van der Waals surface area contributed by atoms with Crippen LogP contribution in [0, 0.1) is 6.92 Å². The number of guanidine groups is 1. The first-order valence-electron chi connectivity index (χ1n) is 7.78. The maximum Gasteiger partial charge on any atom is 0.191 e. The molecule has 0 aliphatic heterocycles. The summed E-state index contributed by atoms with van der Waals surface area (Å²) >= 11 is 0. The molecule has 0 saturated heterocycles. The van der Waals surface area contributed by atoms with Crippen LogP contribution in [-0.4, -0.2) is 36.4 Å². The molecule has 0 aliphatic rings. The minimum absolute atomic E-state index is 0.669. The van der Waals surface area contributed by atoms with Crippen molar-refractivity contribution in [2.45, 2.75) is 26.4 Å². The van der Waals surface area contributed by atoms with Crippen molar-refractivity contribution in [3.63, 3.8) is 0 Å². The number of benzene rings is 1. The standard InChI is InChI=1S/C17H25N5O/c1-14-6-7-15(16(12-14)23-3)13-20-17(18-2)19-8-4-10-22-11-5-9-21-22/h5-7,9,11-12H,4,8,10,13H2,1-3H3,(H2,18,19,20). The predicted octanol–water partition coefficient (Wildman–Crippen LogP) is 1.96. The van der Waals surface area contributed by atoms with Crippen LogP contribution < -0.4 is 15.4 Å². The predicted molar refractivity (Wildman–Crippen MR) is 92.8 cm³/mol. The summed E-state index contributed by atoms with van der Waals surface area (Å²) in [5.41, 5.74) is 2.30. The molecule has 124 valence electrons. The van der Waals surface area contributed by atoms with Gasteiger partial charge in [0.1, 0.15) is 5.75 Å². The molecule has 2 rings (SSSR count). The summed E-state index contributed by atoms with van der Waals surface area (Å²) in [6.45, 7) is 4.45. The van der Waals surface area contributed by atoms with E-state index in [1.54, 1.807) is 20.4 Å². The maximum absolute atomic E-state index is 5.42. The number of hydrogen-bond acceptors (Lipinski definition) is 3. The molecular weight excluding hydrogens is 290 g/mol. The highest BCUT2D eigenvalue weighted by Gasteiger charge is 2.04. The highest BCUT2D eigenvalue weighted by atomic mass is 16.5. The second kappa shape index (κ2) is 8.82. The molecule has 0 amide bonds. The van der Waals surface area contributed by atoms with Crippen LogP contribution in [0.15, 0.2) is 41.7 Å². The number of hydrogen-bond donors (Lipinski definition) is 2. The molecular formula is C17H25N5O. The number of ether oxygens (including phenoxy) is 1. The zero-order valence-electron chi connectivity index (χ0n) is 14.0. The molecule has 0 spiro atoms. The summed E-state index contributed by atoms with van der Waals surface area (Å²) < 4.78 is 7.35. The van der Waals surface area contributed by atoms with Gasteiger partial charge in [-0.25, -0.2) is 0 Å². The first-order valence-corrected chi connectivity index (χ1v) is 7.78. The maximum atomic E-state index is 5.42. The molecule has 2 aromatic rings. The summed E-state index contributed by atoms with van der Waals surface area (Å²) in [5, 5.41) is 10.8. The average molecular weight is 315 g/mol. The molecule has 0 radical (unpaired) electrons. The van der Waals surface area contributed by atoms with E-state index in [9.17, 15) is 0 Å². The zero-order chi connectivity index (χ0) is 16.5. The molecule has 1 aromatic heterocycles. The van der Waals surface area contributed by atoms with Crippen molar-refractivity contribution < 1.29 is 4.74 Å². The smallest absolute Gasteiger partial charge is 0.191 e. The number of rotatable bonds is 7. The third-order valence-corrected chi connectivity index (χ3v) is 3.53. The van der Waals surface area contributed by atoms with Crippen LogP contribution in [-0.2, 0) is 13.1 Å². The monoisotopic (exact) mass is 315 g/mol. The van der Waals surface area contributed by atoms with Crippen molar-refractivity contribution >= 4 is 5.96 Å². The van der Waals surface area contributed by atoms with E-state index in [4.69, 9.17) is 4.74 Å². The van der Waals surface area contributed by atoms with Crippen molar-refractivity contribution in [3.8, 4) is 5.75 Å². The third-order valence-electron chi connectivity index (χ3n) is 3.53. The Hall–Kier alpha value is -2.50. The topological polar surface area (TPSA) is 63.5 Å². The molecule has 0 aliphatic carbocycles. The number of nitrogens with zero attached hydrogens (tertiary/aromatic N) is 3. The van der Waals surface area contributed by atoms with Crippen LogP contribution in [0.2, 0.25) is 0 Å². The first kappa shape index (κ1) is 16.9. The van der Waals surface area contributed by atoms with Gasteiger partial charge in [-0.1, -0.05) is 12.1 Å². The Morgan fingerprint density at radius 3 is 2.91 bits per heavy atom. The molecule has 2 N–H and O–H groups in total. The van der Waals surface area contributed by atoms with Crippen LogP contribution in [0.3, 0.4) is 0 Å². The van der Waals surface area contributed by atoms with E-state index in [1.807, 2.05) is 23.0 Å². The molecule has 1 aromatic carbocycles. The second-order valence-corrected chi connectivity index (χ2v) is 5.29. The van der Waals surface area contributed by atoms with Crippen molar-refractivity contribution in [2.75, 3.05) is 20.7 Å². The number of aryl methyl sites for hydroxylation is 2. The lowest BCUT2D eigenvalue weighted by Crippen LogP contribution is -2.37. The summed E-state index contributed by atoms with van der Waals surface area (Å²) in [5.74, 6) is 1.68. The molecule has 0 atom stereocenters. The van der Waals surface area contributed by atoms with Crippen LogP contribution in [0.4, 0.5) is 0 Å². The molecule has 0 bridgehead atoms. The Labute approximate surface area is 137 Å². The Balaban J connectivity index is 1.76. The highest BCUT2D eigenvalue weighted by molar-refractivity contribution is 5.79. The Bertz CT molecular complexity index is 622. The van der Waals surface area contributed by atoms with E-state index in [1.165, 1.54) is 5.56 Å². The van der Waals surface area contributed by atoms with Crippen LogP contribution in [0.5, 0.6) is 5.75 Å². The van der Waals surface area contributed by atoms with Crippen LogP contribution in [0.25, 0.3) is 0 Å². The lowest BCUT2D eigenvalue weighted by atomic mass is 10.1. The number of nitrogens with one attached hydrogen (secondary N) is 2. The minimum Gasteiger partial charge on any atom is -0.496 e. The van der Waals surface area contributed by atoms with Crippen molar-refractivity contribution in [2.24, 2.45) is 4.99 Å². The van der Waals surface area contributed by atoms with Gasteiger partial charge in [0.2, 0.25) is 0 Å². The van der Waals surface area contributed by atoms with E-state index in [2.05, 4.69) is 39.8 Å². The number of methoxy groups -OCH3 is 1. The van der Waals surface area contributed by atoms with Crippen molar-refractivity contribution in [3.05, 3.63) is 47.8 Å². The second-order valence-electron chi connectivity index (χ2n) is 5.29. The third kappa shape index (κ3) is 5.32. The Morgan fingerprint density at radius 2 is 2.22 bits per heavy atom. The van der Waals surface area contributed by atoms with E-state index in [0.29, 0.717) is 6.54 Å². The summed E-state index contributed by atoms with van der Waals surface area (Å²) in [6.07, 6.45) is 4.75. The molecule has 1 heterocycles. The normalized spacial score (nSPS) is 11.3. The van der Waals surface area contributed by atoms with Gasteiger partial charge in [0.15, 0.2) is 5.96 Å². The van der Waals surface area contributed by atoms with E-state index < -0.39 is 0 Å². The van der Waals surface area contributed by atoms with Crippen LogP contribution >= 0.6 is 0 Å². The van der Waals surface area contributed by atoms with Gasteiger partial charge in [0.05, 0.1) is 7.11 Å². The SMILES string of the molecule is CN=C(NCCCn1cccn1)NCc1ccc(C)cc1OC. The summed E-state index contributed by atoms with van der Waals surface area (Å²) in [4.78, 5) is 4.24. The van der Waals surface area contributed by atoms with E-state index >= 15 is 0 Å². The number of aliphatic imine (C=N–C) groups is 1. The number of aromatic nitrogens is 2. The lowest BCUT2D eigenvalue weighted by molar-refractivity contribution is 0.408. The lowest BCUT2D eigenvalue weighted by Gasteiger charge is -2.14. The van der Waals surface area contributed by atoms with Gasteiger partial charge in [-0.05, 0) is 31.0 Å². The van der Waals surface area contributed by atoms with Gasteiger partial charge < -0.3 is 15.4 Å². The van der Waals surface area contributed by atoms with Gasteiger partial charge in [0, 0.05) is 44.6 Å².